The van der Waals surface area contributed by atoms with Gasteiger partial charge in [-0.3, -0.25) is 0 Å². The molecule has 2 amide bonds. The van der Waals surface area contributed by atoms with E-state index in [0.29, 0.717) is 13.0 Å². The first kappa shape index (κ1) is 13.3. The van der Waals surface area contributed by atoms with E-state index in [9.17, 15) is 13.6 Å². The third-order valence-electron chi connectivity index (χ3n) is 3.64. The Morgan fingerprint density at radius 1 is 1.20 bits per heavy atom. The molecule has 6 heteroatoms. The molecular weight excluding hydrogens is 266 g/mol. The van der Waals surface area contributed by atoms with Gasteiger partial charge in [-0.1, -0.05) is 30.3 Å². The van der Waals surface area contributed by atoms with E-state index < -0.39 is 5.92 Å². The molecule has 108 valence electrons. The molecule has 3 rings (SSSR count). The van der Waals surface area contributed by atoms with Crippen LogP contribution in [-0.2, 0) is 4.84 Å². The maximum absolute atomic E-state index is 13.3. The van der Waals surface area contributed by atoms with Crippen molar-refractivity contribution in [1.29, 1.82) is 0 Å². The molecule has 2 saturated heterocycles. The van der Waals surface area contributed by atoms with Gasteiger partial charge in [-0.25, -0.2) is 18.4 Å². The van der Waals surface area contributed by atoms with Crippen molar-refractivity contribution in [2.24, 2.45) is 0 Å². The fraction of sp³-hybridized carbons (Fsp3) is 0.500. The number of hydrogen-bond acceptors (Lipinski definition) is 2. The summed E-state index contributed by atoms with van der Waals surface area (Å²) >= 11 is 0. The highest BCUT2D eigenvalue weighted by molar-refractivity contribution is 5.75. The third kappa shape index (κ3) is 2.75. The minimum absolute atomic E-state index is 0.0766. The number of alkyl halides is 2. The van der Waals surface area contributed by atoms with E-state index in [1.165, 1.54) is 9.96 Å². The molecule has 1 atom stereocenters. The number of halogens is 2. The average Bonchev–Trinajstić information content (AvgIpc) is 3.23. The number of likely N-dealkylation sites (tertiary alicyclic amines) is 1. The number of hydroxylamine groups is 2. The predicted octanol–water partition coefficient (Wildman–Crippen LogP) is 3.17. The summed E-state index contributed by atoms with van der Waals surface area (Å²) in [4.78, 5) is 18.9. The molecule has 0 aliphatic carbocycles. The van der Waals surface area contributed by atoms with Gasteiger partial charge in [0, 0.05) is 31.5 Å². The van der Waals surface area contributed by atoms with Crippen molar-refractivity contribution >= 4 is 6.03 Å². The van der Waals surface area contributed by atoms with Crippen LogP contribution in [0.25, 0.3) is 0 Å². The summed E-state index contributed by atoms with van der Waals surface area (Å²) in [6.07, 6.45) is -0.488. The van der Waals surface area contributed by atoms with Gasteiger partial charge in [0.2, 0.25) is 12.2 Å². The number of carbonyl (C=O) groups excluding carboxylic acids is 1. The highest BCUT2D eigenvalue weighted by atomic mass is 19.3. The summed E-state index contributed by atoms with van der Waals surface area (Å²) in [5, 5.41) is 1.25. The molecule has 20 heavy (non-hydrogen) atoms. The zero-order valence-corrected chi connectivity index (χ0v) is 11.0. The molecule has 1 unspecified atom stereocenters. The van der Waals surface area contributed by atoms with Crippen molar-refractivity contribution in [2.45, 2.75) is 31.4 Å². The van der Waals surface area contributed by atoms with Crippen LogP contribution in [0.2, 0.25) is 0 Å². The van der Waals surface area contributed by atoms with E-state index in [-0.39, 0.29) is 31.6 Å². The first-order chi connectivity index (χ1) is 9.57. The molecule has 2 heterocycles. The SMILES string of the molecule is O=C(N1CCCC(F)(F)CC1)N1OC1c1ccccc1. The second kappa shape index (κ2) is 5.01. The lowest BCUT2D eigenvalue weighted by molar-refractivity contribution is -0.0125. The monoisotopic (exact) mass is 282 g/mol. The first-order valence-corrected chi connectivity index (χ1v) is 6.74. The van der Waals surface area contributed by atoms with Crippen LogP contribution in [0, 0.1) is 0 Å². The van der Waals surface area contributed by atoms with Crippen LogP contribution in [0.4, 0.5) is 13.6 Å². The molecule has 2 fully saturated rings. The van der Waals surface area contributed by atoms with Crippen molar-refractivity contribution in [2.75, 3.05) is 13.1 Å². The Labute approximate surface area is 115 Å². The fourth-order valence-electron chi connectivity index (χ4n) is 2.43. The number of nitrogens with zero attached hydrogens (tertiary/aromatic N) is 2. The highest BCUT2D eigenvalue weighted by Crippen LogP contribution is 2.38. The summed E-state index contributed by atoms with van der Waals surface area (Å²) < 4.78 is 26.6. The Balaban J connectivity index is 1.61. The van der Waals surface area contributed by atoms with E-state index in [1.807, 2.05) is 30.3 Å². The van der Waals surface area contributed by atoms with Gasteiger partial charge in [-0.2, -0.15) is 5.06 Å². The van der Waals surface area contributed by atoms with Crippen molar-refractivity contribution in [1.82, 2.24) is 9.96 Å². The maximum atomic E-state index is 13.3. The van der Waals surface area contributed by atoms with Crippen LogP contribution in [0.5, 0.6) is 0 Å². The number of benzene rings is 1. The predicted molar refractivity (Wildman–Crippen MR) is 67.9 cm³/mol. The van der Waals surface area contributed by atoms with Gasteiger partial charge < -0.3 is 4.90 Å². The number of rotatable bonds is 1. The van der Waals surface area contributed by atoms with Gasteiger partial charge >= 0.3 is 6.03 Å². The Bertz CT molecular complexity index is 495. The van der Waals surface area contributed by atoms with E-state index in [0.717, 1.165) is 5.56 Å². The first-order valence-electron chi connectivity index (χ1n) is 6.74. The Kier molecular flexibility index (Phi) is 3.33. The molecule has 0 aromatic heterocycles. The van der Waals surface area contributed by atoms with Gasteiger partial charge in [-0.05, 0) is 6.42 Å². The van der Waals surface area contributed by atoms with Crippen LogP contribution in [0.3, 0.4) is 0 Å². The molecule has 1 aromatic carbocycles. The molecular formula is C14H16F2N2O2. The van der Waals surface area contributed by atoms with E-state index >= 15 is 0 Å². The molecule has 4 nitrogen and oxygen atoms in total. The molecule has 2 aliphatic rings. The Hall–Kier alpha value is -1.69. The van der Waals surface area contributed by atoms with Crippen molar-refractivity contribution in [3.05, 3.63) is 35.9 Å². The quantitative estimate of drug-likeness (QED) is 0.742. The molecule has 2 aliphatic heterocycles. The van der Waals surface area contributed by atoms with Crippen molar-refractivity contribution in [3.63, 3.8) is 0 Å². The van der Waals surface area contributed by atoms with Crippen LogP contribution in [0.1, 0.15) is 31.1 Å². The van der Waals surface area contributed by atoms with Gasteiger partial charge in [0.15, 0.2) is 0 Å². The molecule has 1 aromatic rings. The summed E-state index contributed by atoms with van der Waals surface area (Å²) in [5.74, 6) is -2.66. The zero-order valence-electron chi connectivity index (χ0n) is 11.0. The summed E-state index contributed by atoms with van der Waals surface area (Å²) in [6.45, 7) is 0.434. The van der Waals surface area contributed by atoms with Crippen LogP contribution in [0.15, 0.2) is 30.3 Å². The van der Waals surface area contributed by atoms with Crippen molar-refractivity contribution < 1.29 is 18.4 Å². The Morgan fingerprint density at radius 3 is 2.70 bits per heavy atom. The number of hydrogen-bond donors (Lipinski definition) is 0. The molecule has 0 bridgehead atoms. The fourth-order valence-corrected chi connectivity index (χ4v) is 2.43. The van der Waals surface area contributed by atoms with Crippen LogP contribution >= 0.6 is 0 Å². The average molecular weight is 282 g/mol. The molecule has 0 N–H and O–H groups in total. The second-order valence-electron chi connectivity index (χ2n) is 5.17. The molecule has 0 radical (unpaired) electrons. The zero-order chi connectivity index (χ0) is 14.2. The topological polar surface area (TPSA) is 35.9 Å². The van der Waals surface area contributed by atoms with Crippen LogP contribution < -0.4 is 0 Å². The van der Waals surface area contributed by atoms with E-state index in [1.54, 1.807) is 0 Å². The van der Waals surface area contributed by atoms with Gasteiger partial charge in [0.05, 0.1) is 0 Å². The third-order valence-corrected chi connectivity index (χ3v) is 3.64. The van der Waals surface area contributed by atoms with Gasteiger partial charge in [0.1, 0.15) is 0 Å². The minimum Gasteiger partial charge on any atom is -0.323 e. The van der Waals surface area contributed by atoms with E-state index in [4.69, 9.17) is 4.84 Å². The maximum Gasteiger partial charge on any atom is 0.346 e. The molecule has 0 saturated carbocycles. The number of urea groups is 1. The smallest absolute Gasteiger partial charge is 0.323 e. The van der Waals surface area contributed by atoms with Gasteiger partial charge in [0.25, 0.3) is 0 Å². The lowest BCUT2D eigenvalue weighted by Gasteiger charge is -2.19. The van der Waals surface area contributed by atoms with Gasteiger partial charge in [-0.15, -0.1) is 0 Å². The minimum atomic E-state index is -2.66. The largest absolute Gasteiger partial charge is 0.346 e. The number of amides is 2. The highest BCUT2D eigenvalue weighted by Gasteiger charge is 2.45. The summed E-state index contributed by atoms with van der Waals surface area (Å²) in [5.41, 5.74) is 0.890. The normalized spacial score (nSPS) is 25.2. The van der Waals surface area contributed by atoms with Crippen molar-refractivity contribution in [3.8, 4) is 0 Å². The summed E-state index contributed by atoms with van der Waals surface area (Å²) in [7, 11) is 0. The van der Waals surface area contributed by atoms with Crippen LogP contribution in [-0.4, -0.2) is 35.0 Å². The molecule has 0 spiro atoms. The van der Waals surface area contributed by atoms with E-state index in [2.05, 4.69) is 0 Å². The second-order valence-corrected chi connectivity index (χ2v) is 5.17. The Morgan fingerprint density at radius 2 is 1.95 bits per heavy atom. The lowest BCUT2D eigenvalue weighted by atomic mass is 10.1. The standard InChI is InChI=1S/C14H16F2N2O2/c15-14(16)7-4-9-17(10-8-14)13(19)18-12(20-18)11-5-2-1-3-6-11/h1-3,5-6,12H,4,7-10H2. The number of carbonyl (C=O) groups is 1. The lowest BCUT2D eigenvalue weighted by Crippen LogP contribution is -2.36. The summed E-state index contributed by atoms with van der Waals surface area (Å²) in [6, 6.07) is 9.03.